The minimum atomic E-state index is -1.77. The lowest BCUT2D eigenvalue weighted by Gasteiger charge is -2.16. The summed E-state index contributed by atoms with van der Waals surface area (Å²) in [5.41, 5.74) is 2.64. The molecular formula is C25H22BrNO5. The number of aromatic nitrogens is 1. The Morgan fingerprint density at radius 1 is 0.875 bits per heavy atom. The van der Waals surface area contributed by atoms with Crippen molar-refractivity contribution in [3.8, 4) is 22.8 Å². The lowest BCUT2D eigenvalue weighted by Crippen LogP contribution is -2.02. The van der Waals surface area contributed by atoms with E-state index in [0.29, 0.717) is 40.6 Å². The smallest absolute Gasteiger partial charge is 0.200 e. The number of aliphatic hydroxyl groups excluding tert-OH is 1. The highest BCUT2D eigenvalue weighted by atomic mass is 79.9. The van der Waals surface area contributed by atoms with Crippen molar-refractivity contribution >= 4 is 15.9 Å². The molecule has 6 nitrogen and oxygen atoms in total. The molecule has 0 saturated heterocycles. The van der Waals surface area contributed by atoms with Gasteiger partial charge >= 0.3 is 0 Å². The summed E-state index contributed by atoms with van der Waals surface area (Å²) >= 11 is 3.55. The molecule has 3 aromatic carbocycles. The number of oxazole rings is 1. The van der Waals surface area contributed by atoms with E-state index in [0.717, 1.165) is 11.1 Å². The second-order valence-corrected chi connectivity index (χ2v) is 8.00. The predicted octanol–water partition coefficient (Wildman–Crippen LogP) is 5.55. The van der Waals surface area contributed by atoms with Crippen LogP contribution in [0.1, 0.15) is 29.0 Å². The van der Waals surface area contributed by atoms with Crippen LogP contribution in [-0.2, 0) is 13.2 Å². The summed E-state index contributed by atoms with van der Waals surface area (Å²) in [5, 5.41) is 19.4. The zero-order valence-electron chi connectivity index (χ0n) is 17.4. The number of aryl methyl sites for hydroxylation is 1. The first-order valence-corrected chi connectivity index (χ1v) is 10.8. The molecule has 7 heteroatoms. The number of hydrogen-bond acceptors (Lipinski definition) is 6. The third-order valence-electron chi connectivity index (χ3n) is 4.76. The lowest BCUT2D eigenvalue weighted by atomic mass is 10.1. The summed E-state index contributed by atoms with van der Waals surface area (Å²) in [5.74, 6) is 1.62. The Hall–Kier alpha value is -3.13. The highest BCUT2D eigenvalue weighted by Crippen LogP contribution is 2.41. The Morgan fingerprint density at radius 3 is 1.94 bits per heavy atom. The summed E-state index contributed by atoms with van der Waals surface area (Å²) in [6.07, 6.45) is -1.77. The molecule has 32 heavy (non-hydrogen) atoms. The minimum absolute atomic E-state index is 0.0372. The number of rotatable bonds is 8. The second-order valence-electron chi connectivity index (χ2n) is 7.15. The Balaban J connectivity index is 1.69. The Bertz CT molecular complexity index is 1180. The van der Waals surface area contributed by atoms with E-state index in [1.807, 2.05) is 60.7 Å². The van der Waals surface area contributed by atoms with Gasteiger partial charge in [-0.05, 0) is 39.2 Å². The average molecular weight is 496 g/mol. The fourth-order valence-electron chi connectivity index (χ4n) is 3.22. The van der Waals surface area contributed by atoms with Gasteiger partial charge in [0.05, 0.1) is 0 Å². The molecule has 0 fully saturated rings. The van der Waals surface area contributed by atoms with Crippen LogP contribution in [0.15, 0.2) is 81.7 Å². The predicted molar refractivity (Wildman–Crippen MR) is 123 cm³/mol. The van der Waals surface area contributed by atoms with Gasteiger partial charge in [0.2, 0.25) is 0 Å². The van der Waals surface area contributed by atoms with Crippen molar-refractivity contribution in [3.63, 3.8) is 0 Å². The van der Waals surface area contributed by atoms with Crippen molar-refractivity contribution in [3.05, 3.63) is 100.0 Å². The molecule has 0 atom stereocenters. The third kappa shape index (κ3) is 5.19. The van der Waals surface area contributed by atoms with Gasteiger partial charge in [0, 0.05) is 17.0 Å². The van der Waals surface area contributed by atoms with Gasteiger partial charge in [-0.3, -0.25) is 0 Å². The zero-order valence-corrected chi connectivity index (χ0v) is 19.0. The highest BCUT2D eigenvalue weighted by molar-refractivity contribution is 9.10. The van der Waals surface area contributed by atoms with Crippen LogP contribution in [-0.4, -0.2) is 15.2 Å². The molecule has 4 rings (SSSR count). The molecule has 0 bridgehead atoms. The fourth-order valence-corrected chi connectivity index (χ4v) is 3.72. The SMILES string of the molecule is Cc1nc(C(O)O)c(-c2cc(OCc3ccccc3)c(OCc3ccccc3)cc2Br)o1. The standard InChI is InChI=1S/C25H22BrNO5/c1-16-27-23(25(28)29)24(32-16)19-12-21(30-14-17-8-4-2-5-9-17)22(13-20(19)26)31-15-18-10-6-3-7-11-18/h2-13,25,28-29H,14-15H2,1H3. The van der Waals surface area contributed by atoms with Crippen LogP contribution in [0, 0.1) is 6.92 Å². The largest absolute Gasteiger partial charge is 0.485 e. The number of hydrogen-bond donors (Lipinski definition) is 2. The van der Waals surface area contributed by atoms with Crippen molar-refractivity contribution in [1.82, 2.24) is 4.98 Å². The van der Waals surface area contributed by atoms with E-state index >= 15 is 0 Å². The summed E-state index contributed by atoms with van der Waals surface area (Å²) in [4.78, 5) is 4.09. The molecule has 0 saturated carbocycles. The van der Waals surface area contributed by atoms with Crippen LogP contribution in [0.3, 0.4) is 0 Å². The van der Waals surface area contributed by atoms with E-state index in [2.05, 4.69) is 20.9 Å². The van der Waals surface area contributed by atoms with Gasteiger partial charge in [-0.25, -0.2) is 4.98 Å². The summed E-state index contributed by atoms with van der Waals surface area (Å²) in [6, 6.07) is 23.2. The van der Waals surface area contributed by atoms with Crippen LogP contribution in [0.25, 0.3) is 11.3 Å². The number of ether oxygens (including phenoxy) is 2. The van der Waals surface area contributed by atoms with Gasteiger partial charge in [-0.15, -0.1) is 0 Å². The first-order valence-electron chi connectivity index (χ1n) is 10.0. The molecule has 164 valence electrons. The maximum atomic E-state index is 9.72. The maximum Gasteiger partial charge on any atom is 0.200 e. The van der Waals surface area contributed by atoms with E-state index in [-0.39, 0.29) is 11.5 Å². The second kappa shape index (κ2) is 9.99. The molecule has 0 amide bonds. The molecule has 1 heterocycles. The molecular weight excluding hydrogens is 474 g/mol. The number of aliphatic hydroxyl groups is 2. The van der Waals surface area contributed by atoms with E-state index in [9.17, 15) is 10.2 Å². The first kappa shape index (κ1) is 22.1. The molecule has 0 aliphatic carbocycles. The monoisotopic (exact) mass is 495 g/mol. The van der Waals surface area contributed by atoms with Crippen molar-refractivity contribution < 1.29 is 24.1 Å². The van der Waals surface area contributed by atoms with Gasteiger partial charge < -0.3 is 24.1 Å². The average Bonchev–Trinajstić information content (AvgIpc) is 3.20. The van der Waals surface area contributed by atoms with Crippen LogP contribution in [0.2, 0.25) is 0 Å². The summed E-state index contributed by atoms with van der Waals surface area (Å²) in [7, 11) is 0. The lowest BCUT2D eigenvalue weighted by molar-refractivity contribution is -0.0453. The first-order chi connectivity index (χ1) is 15.5. The van der Waals surface area contributed by atoms with Crippen molar-refractivity contribution in [2.75, 3.05) is 0 Å². The quantitative estimate of drug-likeness (QED) is 0.311. The van der Waals surface area contributed by atoms with Gasteiger partial charge in [-0.2, -0.15) is 0 Å². The third-order valence-corrected chi connectivity index (χ3v) is 5.41. The Morgan fingerprint density at radius 2 is 1.41 bits per heavy atom. The van der Waals surface area contributed by atoms with E-state index in [1.54, 1.807) is 19.1 Å². The molecule has 0 radical (unpaired) electrons. The molecule has 2 N–H and O–H groups in total. The Kier molecular flexibility index (Phi) is 6.90. The van der Waals surface area contributed by atoms with Gasteiger partial charge in [0.1, 0.15) is 18.9 Å². The highest BCUT2D eigenvalue weighted by Gasteiger charge is 2.23. The van der Waals surface area contributed by atoms with Crippen LogP contribution in [0.5, 0.6) is 11.5 Å². The minimum Gasteiger partial charge on any atom is -0.485 e. The number of nitrogens with zero attached hydrogens (tertiary/aromatic N) is 1. The zero-order chi connectivity index (χ0) is 22.5. The molecule has 0 aliphatic rings. The van der Waals surface area contributed by atoms with Gasteiger partial charge in [-0.1, -0.05) is 60.7 Å². The van der Waals surface area contributed by atoms with E-state index in [1.165, 1.54) is 0 Å². The molecule has 0 spiro atoms. The van der Waals surface area contributed by atoms with Crippen LogP contribution >= 0.6 is 15.9 Å². The van der Waals surface area contributed by atoms with Crippen molar-refractivity contribution in [1.29, 1.82) is 0 Å². The molecule has 1 aromatic heterocycles. The Labute approximate surface area is 194 Å². The van der Waals surface area contributed by atoms with Gasteiger partial charge in [0.25, 0.3) is 0 Å². The molecule has 0 aliphatic heterocycles. The fraction of sp³-hybridized carbons (Fsp3) is 0.160. The van der Waals surface area contributed by atoms with Crippen molar-refractivity contribution in [2.45, 2.75) is 26.4 Å². The van der Waals surface area contributed by atoms with Gasteiger partial charge in [0.15, 0.2) is 29.4 Å². The molecule has 4 aromatic rings. The normalized spacial score (nSPS) is 11.0. The van der Waals surface area contributed by atoms with Crippen LogP contribution in [0.4, 0.5) is 0 Å². The van der Waals surface area contributed by atoms with Crippen LogP contribution < -0.4 is 9.47 Å². The van der Waals surface area contributed by atoms with Crippen molar-refractivity contribution in [2.24, 2.45) is 0 Å². The van der Waals surface area contributed by atoms with E-state index < -0.39 is 6.29 Å². The number of benzene rings is 3. The summed E-state index contributed by atoms with van der Waals surface area (Å²) in [6.45, 7) is 2.36. The molecule has 0 unspecified atom stereocenters. The van der Waals surface area contributed by atoms with E-state index in [4.69, 9.17) is 13.9 Å². The topological polar surface area (TPSA) is 85.0 Å². The summed E-state index contributed by atoms with van der Waals surface area (Å²) < 4.78 is 18.5. The number of halogens is 1. The maximum absolute atomic E-state index is 9.72.